The maximum absolute atomic E-state index is 4.07. The number of hydrogen-bond donors (Lipinski definition) is 2. The molecule has 2 rings (SSSR count). The van der Waals surface area contributed by atoms with Crippen LogP contribution in [0.2, 0.25) is 0 Å². The molecule has 65 valence electrons. The van der Waals surface area contributed by atoms with Crippen LogP contribution in [-0.4, -0.2) is 24.1 Å². The molecule has 0 aliphatic carbocycles. The van der Waals surface area contributed by atoms with Gasteiger partial charge in [0.05, 0.1) is 0 Å². The van der Waals surface area contributed by atoms with E-state index in [2.05, 4.69) is 21.8 Å². The summed E-state index contributed by atoms with van der Waals surface area (Å²) in [6.07, 6.45) is 5.20. The Kier molecular flexibility index (Phi) is 2.58. The molecular weight excluding hydrogens is 170 g/mol. The molecule has 1 aromatic heterocycles. The van der Waals surface area contributed by atoms with Crippen LogP contribution in [0.25, 0.3) is 0 Å². The van der Waals surface area contributed by atoms with Gasteiger partial charge in [-0.2, -0.15) is 0 Å². The van der Waals surface area contributed by atoms with Gasteiger partial charge in [-0.3, -0.25) is 0 Å². The normalized spacial score (nSPS) is 19.3. The molecule has 1 fully saturated rings. The molecule has 1 aromatic rings. The number of anilines is 1. The quantitative estimate of drug-likeness (QED) is 0.719. The number of nitrogens with one attached hydrogen (secondary N) is 2. The lowest BCUT2D eigenvalue weighted by molar-refractivity contribution is 0.479. The molecule has 0 amide bonds. The van der Waals surface area contributed by atoms with Gasteiger partial charge >= 0.3 is 0 Å². The fourth-order valence-corrected chi connectivity index (χ4v) is 1.96. The van der Waals surface area contributed by atoms with Crippen molar-refractivity contribution in [1.29, 1.82) is 0 Å². The second kappa shape index (κ2) is 3.87. The molecule has 1 radical (unpaired) electrons. The molecule has 0 saturated carbocycles. The highest BCUT2D eigenvalue weighted by Gasteiger charge is 2.12. The Labute approximate surface area is 76.2 Å². The summed E-state index contributed by atoms with van der Waals surface area (Å²) in [4.78, 5) is 4.07. The first-order valence-electron chi connectivity index (χ1n) is 4.24. The Hall–Kier alpha value is -0.610. The summed E-state index contributed by atoms with van der Waals surface area (Å²) in [6, 6.07) is 0.603. The van der Waals surface area contributed by atoms with Crippen molar-refractivity contribution in [3.63, 3.8) is 0 Å². The standard InChI is InChI=1S/C8H12N3S/c1-3-9-4-2-7(1)11-8-10-5-6-12-8/h6-7,9H,1-4H2,(H,10,11). The van der Waals surface area contributed by atoms with Crippen LogP contribution in [0.1, 0.15) is 12.8 Å². The summed E-state index contributed by atoms with van der Waals surface area (Å²) in [5.41, 5.74) is 0. The summed E-state index contributed by atoms with van der Waals surface area (Å²) in [6.45, 7) is 2.24. The minimum Gasteiger partial charge on any atom is -0.359 e. The zero-order chi connectivity index (χ0) is 8.23. The smallest absolute Gasteiger partial charge is 0.183 e. The first kappa shape index (κ1) is 8.01. The van der Waals surface area contributed by atoms with Gasteiger partial charge in [0, 0.05) is 11.4 Å². The van der Waals surface area contributed by atoms with Gasteiger partial charge in [0.1, 0.15) is 6.20 Å². The predicted molar refractivity (Wildman–Crippen MR) is 50.5 cm³/mol. The first-order chi connectivity index (χ1) is 5.95. The van der Waals surface area contributed by atoms with Crippen molar-refractivity contribution in [3.8, 4) is 0 Å². The van der Waals surface area contributed by atoms with Crippen LogP contribution < -0.4 is 10.6 Å². The molecule has 2 heterocycles. The maximum Gasteiger partial charge on any atom is 0.183 e. The van der Waals surface area contributed by atoms with Gasteiger partial charge in [-0.25, -0.2) is 4.98 Å². The SMILES string of the molecule is [c]1csc(NC2CCNCC2)n1. The Morgan fingerprint density at radius 3 is 3.08 bits per heavy atom. The molecule has 0 spiro atoms. The van der Waals surface area contributed by atoms with E-state index in [1.165, 1.54) is 12.8 Å². The summed E-state index contributed by atoms with van der Waals surface area (Å²) < 4.78 is 0. The van der Waals surface area contributed by atoms with Crippen molar-refractivity contribution < 1.29 is 0 Å². The van der Waals surface area contributed by atoms with E-state index in [9.17, 15) is 0 Å². The van der Waals surface area contributed by atoms with Gasteiger partial charge in [0.2, 0.25) is 0 Å². The number of piperidine rings is 1. The Bertz CT molecular complexity index is 216. The third-order valence-electron chi connectivity index (χ3n) is 2.06. The highest BCUT2D eigenvalue weighted by molar-refractivity contribution is 7.13. The molecule has 1 saturated heterocycles. The molecule has 0 bridgehead atoms. The summed E-state index contributed by atoms with van der Waals surface area (Å²) in [7, 11) is 0. The monoisotopic (exact) mass is 182 g/mol. The Balaban J connectivity index is 1.86. The lowest BCUT2D eigenvalue weighted by Gasteiger charge is -2.23. The second-order valence-corrected chi connectivity index (χ2v) is 3.81. The van der Waals surface area contributed by atoms with Crippen LogP contribution in [0.4, 0.5) is 5.13 Å². The first-order valence-corrected chi connectivity index (χ1v) is 5.12. The van der Waals surface area contributed by atoms with Crippen molar-refractivity contribution >= 4 is 16.5 Å². The third-order valence-corrected chi connectivity index (χ3v) is 2.71. The van der Waals surface area contributed by atoms with E-state index < -0.39 is 0 Å². The minimum absolute atomic E-state index is 0.603. The highest BCUT2D eigenvalue weighted by Crippen LogP contribution is 2.14. The zero-order valence-electron chi connectivity index (χ0n) is 6.84. The molecule has 1 aliphatic rings. The molecule has 1 aliphatic heterocycles. The number of nitrogens with zero attached hydrogens (tertiary/aromatic N) is 1. The van der Waals surface area contributed by atoms with Gasteiger partial charge in [-0.05, 0) is 25.9 Å². The molecule has 0 aromatic carbocycles. The van der Waals surface area contributed by atoms with Crippen molar-refractivity contribution in [2.24, 2.45) is 0 Å². The van der Waals surface area contributed by atoms with Crippen LogP contribution in [0.5, 0.6) is 0 Å². The molecular formula is C8H12N3S. The lowest BCUT2D eigenvalue weighted by Crippen LogP contribution is -2.35. The molecule has 2 N–H and O–H groups in total. The van der Waals surface area contributed by atoms with Crippen molar-refractivity contribution in [2.45, 2.75) is 18.9 Å². The summed E-state index contributed by atoms with van der Waals surface area (Å²) >= 11 is 1.62. The van der Waals surface area contributed by atoms with E-state index in [1.54, 1.807) is 11.3 Å². The van der Waals surface area contributed by atoms with Gasteiger partial charge in [0.25, 0.3) is 0 Å². The molecule has 3 nitrogen and oxygen atoms in total. The summed E-state index contributed by atoms with van der Waals surface area (Å²) in [5.74, 6) is 0. The minimum atomic E-state index is 0.603. The lowest BCUT2D eigenvalue weighted by atomic mass is 10.1. The van der Waals surface area contributed by atoms with Crippen molar-refractivity contribution in [3.05, 3.63) is 11.6 Å². The van der Waals surface area contributed by atoms with E-state index >= 15 is 0 Å². The average molecular weight is 182 g/mol. The topological polar surface area (TPSA) is 37.0 Å². The highest BCUT2D eigenvalue weighted by atomic mass is 32.1. The maximum atomic E-state index is 4.07. The number of thiazole rings is 1. The van der Waals surface area contributed by atoms with Gasteiger partial charge in [-0.1, -0.05) is 0 Å². The van der Waals surface area contributed by atoms with Gasteiger partial charge < -0.3 is 10.6 Å². The van der Waals surface area contributed by atoms with Crippen LogP contribution >= 0.6 is 11.3 Å². The number of aromatic nitrogens is 1. The predicted octanol–water partition coefficient (Wildman–Crippen LogP) is 1.11. The Morgan fingerprint density at radius 1 is 1.58 bits per heavy atom. The molecule has 0 atom stereocenters. The zero-order valence-corrected chi connectivity index (χ0v) is 7.66. The number of rotatable bonds is 2. The van der Waals surface area contributed by atoms with E-state index in [-0.39, 0.29) is 0 Å². The summed E-state index contributed by atoms with van der Waals surface area (Å²) in [5, 5.41) is 9.61. The van der Waals surface area contributed by atoms with Crippen LogP contribution in [0.3, 0.4) is 0 Å². The fourth-order valence-electron chi connectivity index (χ4n) is 1.40. The Morgan fingerprint density at radius 2 is 2.42 bits per heavy atom. The van der Waals surface area contributed by atoms with Crippen LogP contribution in [0, 0.1) is 6.20 Å². The van der Waals surface area contributed by atoms with Gasteiger partial charge in [-0.15, -0.1) is 11.3 Å². The van der Waals surface area contributed by atoms with Crippen molar-refractivity contribution in [2.75, 3.05) is 18.4 Å². The largest absolute Gasteiger partial charge is 0.359 e. The van der Waals surface area contributed by atoms with Crippen LogP contribution in [-0.2, 0) is 0 Å². The third kappa shape index (κ3) is 1.95. The average Bonchev–Trinajstić information content (AvgIpc) is 2.59. The molecule has 0 unspecified atom stereocenters. The number of hydrogen-bond acceptors (Lipinski definition) is 4. The van der Waals surface area contributed by atoms with E-state index in [0.717, 1.165) is 18.2 Å². The van der Waals surface area contributed by atoms with E-state index in [0.29, 0.717) is 6.04 Å². The van der Waals surface area contributed by atoms with Crippen molar-refractivity contribution in [1.82, 2.24) is 10.3 Å². The molecule has 12 heavy (non-hydrogen) atoms. The van der Waals surface area contributed by atoms with E-state index in [1.807, 2.05) is 5.38 Å². The second-order valence-electron chi connectivity index (χ2n) is 2.95. The van der Waals surface area contributed by atoms with E-state index in [4.69, 9.17) is 0 Å². The van der Waals surface area contributed by atoms with Gasteiger partial charge in [0.15, 0.2) is 5.13 Å². The fraction of sp³-hybridized carbons (Fsp3) is 0.625. The van der Waals surface area contributed by atoms with Crippen LogP contribution in [0.15, 0.2) is 5.38 Å². The molecule has 4 heteroatoms.